The smallest absolute Gasteiger partial charge is 0.255 e. The maximum atomic E-state index is 12.4. The normalized spacial score (nSPS) is 10.4. The van der Waals surface area contributed by atoms with Gasteiger partial charge in [0.2, 0.25) is 0 Å². The van der Waals surface area contributed by atoms with Gasteiger partial charge >= 0.3 is 0 Å². The van der Waals surface area contributed by atoms with Crippen LogP contribution in [0, 0.1) is 6.92 Å². The number of halogens is 1. The van der Waals surface area contributed by atoms with Gasteiger partial charge in [-0.3, -0.25) is 4.79 Å². The SMILES string of the molecule is CCNCc1ccccc1NC(=O)c1ccc(Br)cc1C. The number of anilines is 1. The lowest BCUT2D eigenvalue weighted by Crippen LogP contribution is -2.17. The average molecular weight is 347 g/mol. The molecule has 0 unspecified atom stereocenters. The molecule has 0 atom stereocenters. The van der Waals surface area contributed by atoms with Crippen LogP contribution in [0.2, 0.25) is 0 Å². The Morgan fingerprint density at radius 1 is 1.19 bits per heavy atom. The summed E-state index contributed by atoms with van der Waals surface area (Å²) in [6.45, 7) is 5.64. The van der Waals surface area contributed by atoms with Gasteiger partial charge in [-0.15, -0.1) is 0 Å². The first-order chi connectivity index (χ1) is 10.1. The summed E-state index contributed by atoms with van der Waals surface area (Å²) in [5.41, 5.74) is 3.58. The summed E-state index contributed by atoms with van der Waals surface area (Å²) >= 11 is 3.41. The minimum atomic E-state index is -0.0797. The first-order valence-electron chi connectivity index (χ1n) is 6.98. The van der Waals surface area contributed by atoms with E-state index in [4.69, 9.17) is 0 Å². The van der Waals surface area contributed by atoms with Crippen molar-refractivity contribution in [3.63, 3.8) is 0 Å². The molecule has 110 valence electrons. The van der Waals surface area contributed by atoms with Crippen LogP contribution in [0.25, 0.3) is 0 Å². The van der Waals surface area contributed by atoms with Gasteiger partial charge in [-0.1, -0.05) is 41.1 Å². The third-order valence-corrected chi connectivity index (χ3v) is 3.76. The van der Waals surface area contributed by atoms with Crippen LogP contribution < -0.4 is 10.6 Å². The van der Waals surface area contributed by atoms with Crippen molar-refractivity contribution in [1.29, 1.82) is 0 Å². The lowest BCUT2D eigenvalue weighted by atomic mass is 10.1. The minimum absolute atomic E-state index is 0.0797. The molecule has 2 aromatic rings. The third kappa shape index (κ3) is 4.16. The van der Waals surface area contributed by atoms with Gasteiger partial charge in [-0.25, -0.2) is 0 Å². The van der Waals surface area contributed by atoms with Crippen LogP contribution in [0.4, 0.5) is 5.69 Å². The van der Waals surface area contributed by atoms with Crippen LogP contribution in [0.5, 0.6) is 0 Å². The fourth-order valence-corrected chi connectivity index (χ4v) is 2.60. The van der Waals surface area contributed by atoms with Crippen LogP contribution in [-0.4, -0.2) is 12.5 Å². The monoisotopic (exact) mass is 346 g/mol. The predicted octanol–water partition coefficient (Wildman–Crippen LogP) is 4.12. The predicted molar refractivity (Wildman–Crippen MR) is 90.7 cm³/mol. The number of hydrogen-bond donors (Lipinski definition) is 2. The van der Waals surface area contributed by atoms with Gasteiger partial charge in [-0.05, 0) is 48.9 Å². The van der Waals surface area contributed by atoms with E-state index in [1.807, 2.05) is 49.4 Å². The van der Waals surface area contributed by atoms with Crippen molar-refractivity contribution in [2.45, 2.75) is 20.4 Å². The fourth-order valence-electron chi connectivity index (χ4n) is 2.13. The van der Waals surface area contributed by atoms with Gasteiger partial charge in [0.15, 0.2) is 0 Å². The molecule has 1 amide bonds. The van der Waals surface area contributed by atoms with E-state index in [1.165, 1.54) is 0 Å². The Balaban J connectivity index is 2.19. The van der Waals surface area contributed by atoms with Crippen molar-refractivity contribution in [2.75, 3.05) is 11.9 Å². The molecule has 0 saturated heterocycles. The first-order valence-corrected chi connectivity index (χ1v) is 7.77. The molecule has 0 radical (unpaired) electrons. The molecule has 0 spiro atoms. The van der Waals surface area contributed by atoms with Crippen molar-refractivity contribution in [3.05, 3.63) is 63.6 Å². The van der Waals surface area contributed by atoms with Gasteiger partial charge in [0.1, 0.15) is 0 Å². The summed E-state index contributed by atoms with van der Waals surface area (Å²) < 4.78 is 0.976. The number of carbonyl (C=O) groups excluding carboxylic acids is 1. The second kappa shape index (κ2) is 7.38. The zero-order valence-corrected chi connectivity index (χ0v) is 13.8. The molecule has 0 aliphatic rings. The quantitative estimate of drug-likeness (QED) is 0.854. The molecule has 2 N–H and O–H groups in total. The van der Waals surface area contributed by atoms with E-state index in [-0.39, 0.29) is 5.91 Å². The molecule has 0 saturated carbocycles. The molecular weight excluding hydrogens is 328 g/mol. The highest BCUT2D eigenvalue weighted by Crippen LogP contribution is 2.19. The molecule has 0 fully saturated rings. The van der Waals surface area contributed by atoms with E-state index in [0.29, 0.717) is 5.56 Å². The summed E-state index contributed by atoms with van der Waals surface area (Å²) in [5, 5.41) is 6.28. The van der Waals surface area contributed by atoms with Crippen LogP contribution in [0.3, 0.4) is 0 Å². The van der Waals surface area contributed by atoms with E-state index >= 15 is 0 Å². The van der Waals surface area contributed by atoms with Crippen molar-refractivity contribution in [3.8, 4) is 0 Å². The fraction of sp³-hybridized carbons (Fsp3) is 0.235. The van der Waals surface area contributed by atoms with Gasteiger partial charge in [-0.2, -0.15) is 0 Å². The summed E-state index contributed by atoms with van der Waals surface area (Å²) in [6.07, 6.45) is 0. The highest BCUT2D eigenvalue weighted by molar-refractivity contribution is 9.10. The number of rotatable bonds is 5. The molecular formula is C17H19BrN2O. The molecule has 0 aliphatic heterocycles. The van der Waals surface area contributed by atoms with Gasteiger partial charge in [0.25, 0.3) is 5.91 Å². The van der Waals surface area contributed by atoms with Crippen molar-refractivity contribution in [2.24, 2.45) is 0 Å². The molecule has 4 heteroatoms. The van der Waals surface area contributed by atoms with Gasteiger partial charge < -0.3 is 10.6 Å². The van der Waals surface area contributed by atoms with Crippen molar-refractivity contribution >= 4 is 27.5 Å². The zero-order valence-electron chi connectivity index (χ0n) is 12.2. The second-order valence-electron chi connectivity index (χ2n) is 4.85. The molecule has 2 rings (SSSR count). The first kappa shape index (κ1) is 15.7. The Labute approximate surface area is 133 Å². The number of amides is 1. The van der Waals surface area contributed by atoms with E-state index in [2.05, 4.69) is 33.5 Å². The standard InChI is InChI=1S/C17H19BrN2O/c1-3-19-11-13-6-4-5-7-16(13)20-17(21)15-9-8-14(18)10-12(15)2/h4-10,19H,3,11H2,1-2H3,(H,20,21). The lowest BCUT2D eigenvalue weighted by Gasteiger charge is -2.12. The van der Waals surface area contributed by atoms with Crippen LogP contribution >= 0.6 is 15.9 Å². The van der Waals surface area contributed by atoms with Crippen LogP contribution in [0.1, 0.15) is 28.4 Å². The number of benzene rings is 2. The van der Waals surface area contributed by atoms with Gasteiger partial charge in [0, 0.05) is 22.3 Å². The molecule has 0 bridgehead atoms. The van der Waals surface area contributed by atoms with E-state index < -0.39 is 0 Å². The van der Waals surface area contributed by atoms with Crippen LogP contribution in [-0.2, 0) is 6.54 Å². The molecule has 0 aromatic heterocycles. The largest absolute Gasteiger partial charge is 0.322 e. The maximum Gasteiger partial charge on any atom is 0.255 e. The summed E-state index contributed by atoms with van der Waals surface area (Å²) in [7, 11) is 0. The number of para-hydroxylation sites is 1. The Kier molecular flexibility index (Phi) is 5.53. The second-order valence-corrected chi connectivity index (χ2v) is 5.77. The number of aryl methyl sites for hydroxylation is 1. The lowest BCUT2D eigenvalue weighted by molar-refractivity contribution is 0.102. The van der Waals surface area contributed by atoms with E-state index in [9.17, 15) is 4.79 Å². The highest BCUT2D eigenvalue weighted by Gasteiger charge is 2.11. The highest BCUT2D eigenvalue weighted by atomic mass is 79.9. The Hall–Kier alpha value is -1.65. The topological polar surface area (TPSA) is 41.1 Å². The summed E-state index contributed by atoms with van der Waals surface area (Å²) in [6, 6.07) is 13.5. The summed E-state index contributed by atoms with van der Waals surface area (Å²) in [5.74, 6) is -0.0797. The Morgan fingerprint density at radius 2 is 1.95 bits per heavy atom. The maximum absolute atomic E-state index is 12.4. The molecule has 2 aromatic carbocycles. The van der Waals surface area contributed by atoms with E-state index in [1.54, 1.807) is 0 Å². The number of hydrogen-bond acceptors (Lipinski definition) is 2. The molecule has 3 nitrogen and oxygen atoms in total. The molecule has 0 aliphatic carbocycles. The van der Waals surface area contributed by atoms with Crippen LogP contribution in [0.15, 0.2) is 46.9 Å². The van der Waals surface area contributed by atoms with Crippen molar-refractivity contribution in [1.82, 2.24) is 5.32 Å². The molecule has 0 heterocycles. The Morgan fingerprint density at radius 3 is 2.67 bits per heavy atom. The van der Waals surface area contributed by atoms with Crippen molar-refractivity contribution < 1.29 is 4.79 Å². The van der Waals surface area contributed by atoms with Gasteiger partial charge in [0.05, 0.1) is 0 Å². The average Bonchev–Trinajstić information content (AvgIpc) is 2.46. The number of carbonyl (C=O) groups is 1. The zero-order chi connectivity index (χ0) is 15.2. The molecule has 21 heavy (non-hydrogen) atoms. The number of nitrogens with one attached hydrogen (secondary N) is 2. The third-order valence-electron chi connectivity index (χ3n) is 3.26. The summed E-state index contributed by atoms with van der Waals surface area (Å²) in [4.78, 5) is 12.4. The Bertz CT molecular complexity index is 640. The minimum Gasteiger partial charge on any atom is -0.322 e. The van der Waals surface area contributed by atoms with E-state index in [0.717, 1.165) is 34.4 Å².